The normalized spacial score (nSPS) is 29.8. The SMILES string of the molecule is C=C(C)/C=C/C1C(C)C(=O)C(=O)CC1(C)C. The molecule has 0 aliphatic heterocycles. The lowest BCUT2D eigenvalue weighted by Gasteiger charge is -2.39. The Balaban J connectivity index is 3.00. The molecule has 0 heterocycles. The van der Waals surface area contributed by atoms with Gasteiger partial charge < -0.3 is 0 Å². The molecule has 1 fully saturated rings. The number of hydrogen-bond donors (Lipinski definition) is 0. The fourth-order valence-electron chi connectivity index (χ4n) is 2.41. The van der Waals surface area contributed by atoms with E-state index in [-0.39, 0.29) is 28.8 Å². The van der Waals surface area contributed by atoms with Crippen LogP contribution in [0, 0.1) is 17.3 Å². The van der Waals surface area contributed by atoms with E-state index < -0.39 is 0 Å². The lowest BCUT2D eigenvalue weighted by molar-refractivity contribution is -0.145. The first-order chi connectivity index (χ1) is 7.25. The number of carbonyl (C=O) groups is 2. The fourth-order valence-corrected chi connectivity index (χ4v) is 2.41. The average Bonchev–Trinajstić information content (AvgIpc) is 2.12. The molecule has 0 N–H and O–H groups in total. The highest BCUT2D eigenvalue weighted by atomic mass is 16.2. The Morgan fingerprint density at radius 2 is 2.00 bits per heavy atom. The smallest absolute Gasteiger partial charge is 0.201 e. The molecule has 0 aromatic heterocycles. The molecule has 1 aliphatic carbocycles. The van der Waals surface area contributed by atoms with Crippen LogP contribution in [-0.4, -0.2) is 11.6 Å². The zero-order valence-corrected chi connectivity index (χ0v) is 10.5. The van der Waals surface area contributed by atoms with Crippen LogP contribution in [-0.2, 0) is 9.59 Å². The van der Waals surface area contributed by atoms with Crippen molar-refractivity contribution < 1.29 is 9.59 Å². The summed E-state index contributed by atoms with van der Waals surface area (Å²) in [6.45, 7) is 11.7. The summed E-state index contributed by atoms with van der Waals surface area (Å²) in [5, 5.41) is 0. The maximum Gasteiger partial charge on any atom is 0.201 e. The number of Topliss-reactive ketones (excluding diaryl/α,β-unsaturated/α-hetero) is 2. The Hall–Kier alpha value is -1.18. The van der Waals surface area contributed by atoms with Crippen LogP contribution >= 0.6 is 0 Å². The molecule has 0 aromatic carbocycles. The van der Waals surface area contributed by atoms with Crippen molar-refractivity contribution in [1.29, 1.82) is 0 Å². The van der Waals surface area contributed by atoms with Gasteiger partial charge in [-0.05, 0) is 18.3 Å². The molecule has 2 nitrogen and oxygen atoms in total. The number of ketones is 2. The quantitative estimate of drug-likeness (QED) is 0.529. The highest BCUT2D eigenvalue weighted by molar-refractivity contribution is 6.38. The lowest BCUT2D eigenvalue weighted by Crippen LogP contribution is -2.43. The second-order valence-electron chi connectivity index (χ2n) is 5.47. The first kappa shape index (κ1) is 12.9. The van der Waals surface area contributed by atoms with Crippen molar-refractivity contribution in [3.63, 3.8) is 0 Å². The van der Waals surface area contributed by atoms with E-state index >= 15 is 0 Å². The summed E-state index contributed by atoms with van der Waals surface area (Å²) >= 11 is 0. The van der Waals surface area contributed by atoms with Gasteiger partial charge in [-0.15, -0.1) is 0 Å². The fraction of sp³-hybridized carbons (Fsp3) is 0.571. The minimum Gasteiger partial charge on any atom is -0.291 e. The third-order valence-electron chi connectivity index (χ3n) is 3.33. The minimum absolute atomic E-state index is 0.120. The first-order valence-corrected chi connectivity index (χ1v) is 5.66. The summed E-state index contributed by atoms with van der Waals surface area (Å²) in [5.41, 5.74) is 0.823. The van der Waals surface area contributed by atoms with E-state index in [0.29, 0.717) is 6.42 Å². The zero-order valence-electron chi connectivity index (χ0n) is 10.5. The Bertz CT molecular complexity index is 361. The lowest BCUT2D eigenvalue weighted by atomic mass is 9.63. The van der Waals surface area contributed by atoms with Crippen molar-refractivity contribution in [1.82, 2.24) is 0 Å². The van der Waals surface area contributed by atoms with Gasteiger partial charge in [0.1, 0.15) is 0 Å². The number of hydrogen-bond acceptors (Lipinski definition) is 2. The molecule has 88 valence electrons. The van der Waals surface area contributed by atoms with Crippen molar-refractivity contribution in [2.24, 2.45) is 17.3 Å². The van der Waals surface area contributed by atoms with E-state index in [1.807, 2.05) is 39.8 Å². The molecule has 0 spiro atoms. The molecule has 2 unspecified atom stereocenters. The standard InChI is InChI=1S/C14H20O2/c1-9(2)6-7-11-10(3)13(16)12(15)8-14(11,4)5/h6-7,10-11H,1,8H2,2-5H3/b7-6+. The van der Waals surface area contributed by atoms with Crippen molar-refractivity contribution in [2.45, 2.75) is 34.1 Å². The van der Waals surface area contributed by atoms with E-state index in [1.165, 1.54) is 0 Å². The maximum absolute atomic E-state index is 11.7. The molecule has 0 aromatic rings. The van der Waals surface area contributed by atoms with Gasteiger partial charge in [0.2, 0.25) is 5.78 Å². The van der Waals surface area contributed by atoms with Crippen LogP contribution in [0.1, 0.15) is 34.1 Å². The van der Waals surface area contributed by atoms with Gasteiger partial charge in [0.05, 0.1) is 0 Å². The van der Waals surface area contributed by atoms with Crippen LogP contribution in [0.15, 0.2) is 24.3 Å². The van der Waals surface area contributed by atoms with Crippen molar-refractivity contribution in [2.75, 3.05) is 0 Å². The van der Waals surface area contributed by atoms with Gasteiger partial charge in [-0.1, -0.05) is 45.1 Å². The second kappa shape index (κ2) is 4.36. The predicted octanol–water partition coefficient (Wildman–Crippen LogP) is 2.94. The maximum atomic E-state index is 11.7. The van der Waals surface area contributed by atoms with E-state index in [4.69, 9.17) is 0 Å². The molecule has 1 rings (SSSR count). The zero-order chi connectivity index (χ0) is 12.5. The first-order valence-electron chi connectivity index (χ1n) is 5.66. The van der Waals surface area contributed by atoms with Gasteiger partial charge in [-0.25, -0.2) is 0 Å². The van der Waals surface area contributed by atoms with Crippen LogP contribution in [0.4, 0.5) is 0 Å². The largest absolute Gasteiger partial charge is 0.291 e. The van der Waals surface area contributed by atoms with Gasteiger partial charge >= 0.3 is 0 Å². The molecule has 1 aliphatic rings. The second-order valence-corrected chi connectivity index (χ2v) is 5.47. The molecule has 0 bridgehead atoms. The Kier molecular flexibility index (Phi) is 3.51. The summed E-state index contributed by atoms with van der Waals surface area (Å²) in [6.07, 6.45) is 4.31. The number of allylic oxidation sites excluding steroid dienone is 3. The molecule has 2 atom stereocenters. The van der Waals surface area contributed by atoms with Crippen LogP contribution in [0.5, 0.6) is 0 Å². The van der Waals surface area contributed by atoms with Crippen LogP contribution < -0.4 is 0 Å². The number of carbonyl (C=O) groups excluding carboxylic acids is 2. The molecule has 0 amide bonds. The monoisotopic (exact) mass is 220 g/mol. The van der Waals surface area contributed by atoms with Gasteiger partial charge in [0.25, 0.3) is 0 Å². The van der Waals surface area contributed by atoms with Crippen molar-refractivity contribution >= 4 is 11.6 Å². The highest BCUT2D eigenvalue weighted by Crippen LogP contribution is 2.41. The Morgan fingerprint density at radius 3 is 2.50 bits per heavy atom. The summed E-state index contributed by atoms with van der Waals surface area (Å²) in [5.74, 6) is -0.547. The van der Waals surface area contributed by atoms with E-state index in [1.54, 1.807) is 0 Å². The van der Waals surface area contributed by atoms with Crippen molar-refractivity contribution in [3.8, 4) is 0 Å². The van der Waals surface area contributed by atoms with E-state index in [0.717, 1.165) is 5.57 Å². The molecule has 2 heteroatoms. The third kappa shape index (κ3) is 2.49. The minimum atomic E-state index is -0.226. The Morgan fingerprint density at radius 1 is 1.44 bits per heavy atom. The Labute approximate surface area is 97.4 Å². The molecule has 0 saturated heterocycles. The van der Waals surface area contributed by atoms with Gasteiger partial charge in [-0.2, -0.15) is 0 Å². The van der Waals surface area contributed by atoms with Gasteiger partial charge in [0.15, 0.2) is 5.78 Å². The predicted molar refractivity (Wildman–Crippen MR) is 65.0 cm³/mol. The van der Waals surface area contributed by atoms with Crippen molar-refractivity contribution in [3.05, 3.63) is 24.3 Å². The number of rotatable bonds is 2. The van der Waals surface area contributed by atoms with E-state index in [9.17, 15) is 9.59 Å². The summed E-state index contributed by atoms with van der Waals surface area (Å²) < 4.78 is 0. The van der Waals surface area contributed by atoms with Gasteiger partial charge in [-0.3, -0.25) is 9.59 Å². The molecule has 16 heavy (non-hydrogen) atoms. The van der Waals surface area contributed by atoms with E-state index in [2.05, 4.69) is 6.58 Å². The topological polar surface area (TPSA) is 34.1 Å². The van der Waals surface area contributed by atoms with Crippen LogP contribution in [0.25, 0.3) is 0 Å². The molecule has 0 radical (unpaired) electrons. The summed E-state index contributed by atoms with van der Waals surface area (Å²) in [4.78, 5) is 23.2. The highest BCUT2D eigenvalue weighted by Gasteiger charge is 2.44. The van der Waals surface area contributed by atoms with Crippen LogP contribution in [0.2, 0.25) is 0 Å². The summed E-state index contributed by atoms with van der Waals surface area (Å²) in [7, 11) is 0. The molecular formula is C14H20O2. The third-order valence-corrected chi connectivity index (χ3v) is 3.33. The average molecular weight is 220 g/mol. The summed E-state index contributed by atoms with van der Waals surface area (Å²) in [6, 6.07) is 0. The molecule has 1 saturated carbocycles. The molecular weight excluding hydrogens is 200 g/mol. The van der Waals surface area contributed by atoms with Crippen LogP contribution in [0.3, 0.4) is 0 Å². The van der Waals surface area contributed by atoms with Gasteiger partial charge in [0, 0.05) is 12.3 Å².